The van der Waals surface area contributed by atoms with Gasteiger partial charge in [0.1, 0.15) is 10.7 Å². The Balaban J connectivity index is 0.00000156. The summed E-state index contributed by atoms with van der Waals surface area (Å²) >= 11 is 0. The van der Waals surface area contributed by atoms with E-state index in [0.29, 0.717) is 11.1 Å². The molecule has 0 saturated carbocycles. The van der Waals surface area contributed by atoms with Crippen LogP contribution in [0, 0.1) is 0 Å². The maximum atomic E-state index is 12.8. The number of sulfone groups is 1. The first-order chi connectivity index (χ1) is 10.6. The van der Waals surface area contributed by atoms with Crippen molar-refractivity contribution < 1.29 is 43.1 Å². The van der Waals surface area contributed by atoms with E-state index in [9.17, 15) is 13.5 Å². The molecule has 0 unspecified atom stereocenters. The molecule has 0 bridgehead atoms. The number of aliphatic hydroxyl groups excluding tert-OH is 1. The minimum Gasteiger partial charge on any atom is -0.506 e. The van der Waals surface area contributed by atoms with Crippen molar-refractivity contribution in [3.05, 3.63) is 71.8 Å². The monoisotopic (exact) mass is 332 g/mol. The topological polar surface area (TPSA) is 67.3 Å². The van der Waals surface area contributed by atoms with E-state index < -0.39 is 9.84 Å². The molecule has 0 fully saturated rings. The predicted octanol–water partition coefficient (Wildman–Crippen LogP) is 0.410. The third-order valence-corrected chi connectivity index (χ3v) is 5.51. The Hall–Kier alpha value is -1.66. The molecule has 23 heavy (non-hydrogen) atoms. The van der Waals surface area contributed by atoms with Crippen LogP contribution in [0.1, 0.15) is 11.1 Å². The van der Waals surface area contributed by atoms with Gasteiger partial charge < -0.3 is 5.11 Å². The maximum absolute atomic E-state index is 12.8. The molecule has 2 aromatic carbocycles. The van der Waals surface area contributed by atoms with Crippen molar-refractivity contribution >= 4 is 31.4 Å². The van der Waals surface area contributed by atoms with Crippen molar-refractivity contribution in [2.24, 2.45) is 0 Å². The Labute approximate surface area is 155 Å². The first-order valence-electron chi connectivity index (χ1n) is 6.73. The van der Waals surface area contributed by atoms with Crippen LogP contribution in [0.4, 0.5) is 0 Å². The fourth-order valence-electron chi connectivity index (χ4n) is 2.70. The molecule has 0 spiro atoms. The fraction of sp³-hybridized carbons (Fsp3) is 0. The number of benzene rings is 2. The molecule has 3 aromatic rings. The SMILES string of the molecule is O=S1(=O)C(c2ccccc2)=C(O)c2cc3ccccc3nc21.[Na+]. The molecule has 1 N–H and O–H groups in total. The van der Waals surface area contributed by atoms with Crippen LogP contribution in [0.25, 0.3) is 21.6 Å². The van der Waals surface area contributed by atoms with Gasteiger partial charge in [0, 0.05) is 5.39 Å². The van der Waals surface area contributed by atoms with Crippen molar-refractivity contribution in [3.8, 4) is 0 Å². The fourth-order valence-corrected chi connectivity index (χ4v) is 4.37. The summed E-state index contributed by atoms with van der Waals surface area (Å²) in [7, 11) is -3.82. The van der Waals surface area contributed by atoms with E-state index in [1.165, 1.54) is 0 Å². The van der Waals surface area contributed by atoms with Gasteiger partial charge in [-0.1, -0.05) is 48.5 Å². The molecule has 0 radical (unpaired) electrons. The zero-order valence-corrected chi connectivity index (χ0v) is 15.2. The Morgan fingerprint density at radius 1 is 0.913 bits per heavy atom. The number of fused-ring (bicyclic) bond motifs is 2. The minimum absolute atomic E-state index is 0. The summed E-state index contributed by atoms with van der Waals surface area (Å²) in [5.74, 6) is -0.237. The van der Waals surface area contributed by atoms with Gasteiger partial charge in [-0.25, -0.2) is 13.4 Å². The summed E-state index contributed by atoms with van der Waals surface area (Å²) in [4.78, 5) is 4.17. The third-order valence-electron chi connectivity index (χ3n) is 3.72. The molecule has 0 saturated heterocycles. The molecule has 1 aliphatic heterocycles. The van der Waals surface area contributed by atoms with Crippen LogP contribution in [0.15, 0.2) is 65.7 Å². The molecule has 1 aliphatic rings. The van der Waals surface area contributed by atoms with Gasteiger partial charge in [-0.2, -0.15) is 0 Å². The minimum atomic E-state index is -3.82. The number of rotatable bonds is 1. The molecule has 108 valence electrons. The molecular weight excluding hydrogens is 321 g/mol. The summed E-state index contributed by atoms with van der Waals surface area (Å²) in [5.41, 5.74) is 1.31. The number of hydrogen-bond donors (Lipinski definition) is 1. The van der Waals surface area contributed by atoms with E-state index in [-0.39, 0.29) is 50.8 Å². The zero-order valence-electron chi connectivity index (χ0n) is 12.4. The van der Waals surface area contributed by atoms with E-state index in [1.54, 1.807) is 48.5 Å². The first kappa shape index (κ1) is 16.2. The molecule has 6 heteroatoms. The standard InChI is InChI=1S/C17H11NO3S.Na/c19-15-13-10-12-8-4-5-9-14(12)18-17(13)22(20,21)16(15)11-6-2-1-3-7-11;/h1-10,19H;/q;+1. The second-order valence-corrected chi connectivity index (χ2v) is 6.88. The number of hydrogen-bond acceptors (Lipinski definition) is 4. The average molecular weight is 332 g/mol. The van der Waals surface area contributed by atoms with E-state index in [4.69, 9.17) is 0 Å². The van der Waals surface area contributed by atoms with E-state index in [1.807, 2.05) is 12.1 Å². The smallest absolute Gasteiger partial charge is 0.506 e. The van der Waals surface area contributed by atoms with Crippen molar-refractivity contribution in [2.45, 2.75) is 5.03 Å². The summed E-state index contributed by atoms with van der Waals surface area (Å²) in [6.45, 7) is 0. The van der Waals surface area contributed by atoms with Crippen molar-refractivity contribution in [2.75, 3.05) is 0 Å². The zero-order chi connectivity index (χ0) is 15.3. The molecular formula is C17H11NNaO3S+. The largest absolute Gasteiger partial charge is 1.00 e. The molecule has 0 amide bonds. The van der Waals surface area contributed by atoms with Gasteiger partial charge >= 0.3 is 29.6 Å². The number of aromatic nitrogens is 1. The summed E-state index contributed by atoms with van der Waals surface area (Å²) < 4.78 is 25.5. The van der Waals surface area contributed by atoms with Crippen LogP contribution in [0.5, 0.6) is 0 Å². The number of para-hydroxylation sites is 1. The van der Waals surface area contributed by atoms with Crippen LogP contribution >= 0.6 is 0 Å². The van der Waals surface area contributed by atoms with Gasteiger partial charge in [0.2, 0.25) is 9.84 Å². The number of nitrogens with zero attached hydrogens (tertiary/aromatic N) is 1. The first-order valence-corrected chi connectivity index (χ1v) is 8.21. The van der Waals surface area contributed by atoms with Crippen molar-refractivity contribution in [3.63, 3.8) is 0 Å². The summed E-state index contributed by atoms with van der Waals surface area (Å²) in [5, 5.41) is 11.2. The Bertz CT molecular complexity index is 1040. The molecule has 0 atom stereocenters. The van der Waals surface area contributed by atoms with Gasteiger partial charge in [-0.15, -0.1) is 0 Å². The third kappa shape index (κ3) is 2.40. The Morgan fingerprint density at radius 2 is 1.57 bits per heavy atom. The van der Waals surface area contributed by atoms with Gasteiger partial charge in [0.25, 0.3) is 0 Å². The molecule has 4 nitrogen and oxygen atoms in total. The summed E-state index contributed by atoms with van der Waals surface area (Å²) in [6, 6.07) is 17.5. The van der Waals surface area contributed by atoms with Gasteiger partial charge in [0.15, 0.2) is 5.03 Å². The Kier molecular flexibility index (Phi) is 4.06. The van der Waals surface area contributed by atoms with Gasteiger partial charge in [0.05, 0.1) is 11.1 Å². The molecule has 0 aliphatic carbocycles. The normalized spacial score (nSPS) is 15.3. The van der Waals surface area contributed by atoms with Crippen molar-refractivity contribution in [1.82, 2.24) is 4.98 Å². The van der Waals surface area contributed by atoms with E-state index in [2.05, 4.69) is 4.98 Å². The quantitative estimate of drug-likeness (QED) is 0.656. The molecule has 4 rings (SSSR count). The maximum Gasteiger partial charge on any atom is 1.00 e. The van der Waals surface area contributed by atoms with Crippen LogP contribution < -0.4 is 29.6 Å². The van der Waals surface area contributed by atoms with Gasteiger partial charge in [-0.3, -0.25) is 0 Å². The second kappa shape index (κ2) is 5.76. The van der Waals surface area contributed by atoms with Gasteiger partial charge in [-0.05, 0) is 17.7 Å². The van der Waals surface area contributed by atoms with Crippen molar-refractivity contribution in [1.29, 1.82) is 0 Å². The van der Waals surface area contributed by atoms with Crippen LogP contribution in [0.3, 0.4) is 0 Å². The van der Waals surface area contributed by atoms with Crippen LogP contribution in [-0.2, 0) is 9.84 Å². The number of aliphatic hydroxyl groups is 1. The van der Waals surface area contributed by atoms with E-state index >= 15 is 0 Å². The predicted molar refractivity (Wildman–Crippen MR) is 84.8 cm³/mol. The number of pyridine rings is 1. The van der Waals surface area contributed by atoms with Crippen LogP contribution in [-0.4, -0.2) is 18.5 Å². The summed E-state index contributed by atoms with van der Waals surface area (Å²) in [6.07, 6.45) is 0. The molecule has 1 aromatic heterocycles. The second-order valence-electron chi connectivity index (χ2n) is 5.08. The Morgan fingerprint density at radius 3 is 2.30 bits per heavy atom. The van der Waals surface area contributed by atoms with Crippen LogP contribution in [0.2, 0.25) is 0 Å². The van der Waals surface area contributed by atoms with E-state index in [0.717, 1.165) is 5.39 Å². The molecule has 2 heterocycles. The average Bonchev–Trinajstić information content (AvgIpc) is 2.73.